The van der Waals surface area contributed by atoms with Crippen LogP contribution in [0.15, 0.2) is 60.8 Å². The number of carbonyl (C=O) groups excluding carboxylic acids is 3. The van der Waals surface area contributed by atoms with Crippen LogP contribution in [0.3, 0.4) is 0 Å². The first-order chi connectivity index (χ1) is 13.6. The topological polar surface area (TPSA) is 94.6 Å². The van der Waals surface area contributed by atoms with Crippen LogP contribution in [0.25, 0.3) is 10.8 Å². The number of aromatic nitrogens is 1. The van der Waals surface area contributed by atoms with E-state index in [-0.39, 0.29) is 12.3 Å². The summed E-state index contributed by atoms with van der Waals surface area (Å²) in [6.45, 7) is 1.55. The average Bonchev–Trinajstić information content (AvgIpc) is 2.72. The van der Waals surface area contributed by atoms with E-state index in [1.54, 1.807) is 49.4 Å². The second-order valence-corrected chi connectivity index (χ2v) is 5.80. The van der Waals surface area contributed by atoms with Crippen molar-refractivity contribution in [3.63, 3.8) is 0 Å². The van der Waals surface area contributed by atoms with Crippen molar-refractivity contribution in [3.05, 3.63) is 72.1 Å². The van der Waals surface area contributed by atoms with Crippen LogP contribution in [0.1, 0.15) is 27.8 Å². The van der Waals surface area contributed by atoms with Crippen LogP contribution < -0.4 is 5.32 Å². The third kappa shape index (κ3) is 4.50. The molecule has 0 saturated heterocycles. The third-order valence-corrected chi connectivity index (χ3v) is 3.88. The molecule has 1 N–H and O–H groups in total. The number of amides is 1. The van der Waals surface area contributed by atoms with Crippen molar-refractivity contribution in [2.24, 2.45) is 0 Å². The van der Waals surface area contributed by atoms with Gasteiger partial charge in [0.2, 0.25) is 0 Å². The van der Waals surface area contributed by atoms with E-state index in [1.165, 1.54) is 6.20 Å². The van der Waals surface area contributed by atoms with E-state index in [0.29, 0.717) is 16.6 Å². The van der Waals surface area contributed by atoms with Crippen LogP contribution in [0.2, 0.25) is 0 Å². The van der Waals surface area contributed by atoms with E-state index in [9.17, 15) is 14.4 Å². The maximum Gasteiger partial charge on any atom is 0.358 e. The predicted octanol–water partition coefficient (Wildman–Crippen LogP) is 3.21. The normalized spacial score (nSPS) is 10.3. The van der Waals surface area contributed by atoms with Gasteiger partial charge in [0.1, 0.15) is 0 Å². The van der Waals surface area contributed by atoms with Gasteiger partial charge in [0.25, 0.3) is 5.91 Å². The average molecular weight is 378 g/mol. The minimum atomic E-state index is -0.676. The van der Waals surface area contributed by atoms with Crippen molar-refractivity contribution in [3.8, 4) is 0 Å². The number of hydrogen-bond acceptors (Lipinski definition) is 6. The molecule has 1 heterocycles. The maximum absolute atomic E-state index is 12.3. The van der Waals surface area contributed by atoms with Crippen LogP contribution in [0.5, 0.6) is 0 Å². The summed E-state index contributed by atoms with van der Waals surface area (Å²) in [6.07, 6.45) is 1.52. The highest BCUT2D eigenvalue weighted by molar-refractivity contribution is 6.03. The Morgan fingerprint density at radius 2 is 1.68 bits per heavy atom. The Balaban J connectivity index is 1.58. The zero-order chi connectivity index (χ0) is 19.9. The van der Waals surface area contributed by atoms with Gasteiger partial charge in [-0.25, -0.2) is 14.6 Å². The monoisotopic (exact) mass is 378 g/mol. The minimum Gasteiger partial charge on any atom is -0.462 e. The number of hydrogen-bond donors (Lipinski definition) is 1. The standard InChI is InChI=1S/C21H18N2O5/c1-2-27-20(25)15-7-9-16(10-8-15)23-18(24)13-28-21(26)19-17-6-4-3-5-14(17)11-12-22-19/h3-12H,2,13H2,1H3,(H,23,24). The molecular weight excluding hydrogens is 360 g/mol. The zero-order valence-corrected chi connectivity index (χ0v) is 15.2. The third-order valence-electron chi connectivity index (χ3n) is 3.88. The van der Waals surface area contributed by atoms with Gasteiger partial charge in [-0.3, -0.25) is 4.79 Å². The van der Waals surface area contributed by atoms with Crippen LogP contribution in [0.4, 0.5) is 5.69 Å². The molecule has 0 bridgehead atoms. The van der Waals surface area contributed by atoms with Gasteiger partial charge in [-0.1, -0.05) is 24.3 Å². The Morgan fingerprint density at radius 1 is 0.929 bits per heavy atom. The lowest BCUT2D eigenvalue weighted by molar-refractivity contribution is -0.119. The second kappa shape index (κ2) is 8.77. The second-order valence-electron chi connectivity index (χ2n) is 5.80. The molecule has 28 heavy (non-hydrogen) atoms. The van der Waals surface area contributed by atoms with Crippen LogP contribution >= 0.6 is 0 Å². The van der Waals surface area contributed by atoms with E-state index in [4.69, 9.17) is 9.47 Å². The number of pyridine rings is 1. The molecule has 1 aromatic heterocycles. The zero-order valence-electron chi connectivity index (χ0n) is 15.2. The number of nitrogens with one attached hydrogen (secondary N) is 1. The SMILES string of the molecule is CCOC(=O)c1ccc(NC(=O)COC(=O)c2nccc3ccccc23)cc1. The van der Waals surface area contributed by atoms with E-state index >= 15 is 0 Å². The van der Waals surface area contributed by atoms with Gasteiger partial charge in [-0.15, -0.1) is 0 Å². The van der Waals surface area contributed by atoms with Crippen molar-refractivity contribution in [1.29, 1.82) is 0 Å². The highest BCUT2D eigenvalue weighted by atomic mass is 16.5. The van der Waals surface area contributed by atoms with Gasteiger partial charge in [0.05, 0.1) is 12.2 Å². The summed E-state index contributed by atoms with van der Waals surface area (Å²) in [6, 6.07) is 15.3. The Hall–Kier alpha value is -3.74. The molecule has 0 aliphatic heterocycles. The van der Waals surface area contributed by atoms with Crippen LogP contribution in [-0.2, 0) is 14.3 Å². The Kier molecular flexibility index (Phi) is 5.96. The largest absolute Gasteiger partial charge is 0.462 e. The number of fused-ring (bicyclic) bond motifs is 1. The van der Waals surface area contributed by atoms with E-state index in [0.717, 1.165) is 5.39 Å². The number of rotatable bonds is 6. The summed E-state index contributed by atoms with van der Waals surface area (Å²) in [5, 5.41) is 4.11. The van der Waals surface area contributed by atoms with Crippen molar-refractivity contribution in [1.82, 2.24) is 4.98 Å². The van der Waals surface area contributed by atoms with E-state index < -0.39 is 24.5 Å². The lowest BCUT2D eigenvalue weighted by atomic mass is 10.1. The lowest BCUT2D eigenvalue weighted by Crippen LogP contribution is -2.21. The molecule has 3 rings (SSSR count). The summed E-state index contributed by atoms with van der Waals surface area (Å²) in [5.74, 6) is -1.61. The summed E-state index contributed by atoms with van der Waals surface area (Å²) < 4.78 is 9.97. The van der Waals surface area contributed by atoms with Crippen molar-refractivity contribution >= 4 is 34.3 Å². The smallest absolute Gasteiger partial charge is 0.358 e. The van der Waals surface area contributed by atoms with Gasteiger partial charge in [0, 0.05) is 17.3 Å². The molecule has 0 aliphatic rings. The molecule has 0 radical (unpaired) electrons. The molecule has 1 amide bonds. The van der Waals surface area contributed by atoms with Crippen molar-refractivity contribution in [2.45, 2.75) is 6.92 Å². The van der Waals surface area contributed by atoms with Crippen LogP contribution in [-0.4, -0.2) is 36.0 Å². The molecule has 7 nitrogen and oxygen atoms in total. The van der Waals surface area contributed by atoms with Crippen molar-refractivity contribution in [2.75, 3.05) is 18.5 Å². The first kappa shape index (κ1) is 19.0. The Bertz CT molecular complexity index is 1010. The Labute approximate surface area is 161 Å². The first-order valence-electron chi connectivity index (χ1n) is 8.66. The molecule has 0 saturated carbocycles. The van der Waals surface area contributed by atoms with Crippen molar-refractivity contribution < 1.29 is 23.9 Å². The number of anilines is 1. The summed E-state index contributed by atoms with van der Waals surface area (Å²) in [5.41, 5.74) is 1.01. The fourth-order valence-electron chi connectivity index (χ4n) is 2.58. The number of ether oxygens (including phenoxy) is 2. The first-order valence-corrected chi connectivity index (χ1v) is 8.66. The van der Waals surface area contributed by atoms with E-state index in [1.807, 2.05) is 12.1 Å². The summed E-state index contributed by atoms with van der Waals surface area (Å²) in [4.78, 5) is 40.0. The summed E-state index contributed by atoms with van der Waals surface area (Å²) in [7, 11) is 0. The molecule has 0 fully saturated rings. The molecule has 142 valence electrons. The number of carbonyl (C=O) groups is 3. The molecule has 0 unspecified atom stereocenters. The highest BCUT2D eigenvalue weighted by Gasteiger charge is 2.15. The molecule has 7 heteroatoms. The summed E-state index contributed by atoms with van der Waals surface area (Å²) >= 11 is 0. The predicted molar refractivity (Wildman–Crippen MR) is 103 cm³/mol. The fraction of sp³-hybridized carbons (Fsp3) is 0.143. The molecule has 0 aliphatic carbocycles. The number of esters is 2. The van der Waals surface area contributed by atoms with Gasteiger partial charge >= 0.3 is 11.9 Å². The fourth-order valence-corrected chi connectivity index (χ4v) is 2.58. The molecule has 0 atom stereocenters. The van der Waals surface area contributed by atoms with Gasteiger partial charge in [0.15, 0.2) is 12.3 Å². The quantitative estimate of drug-likeness (QED) is 0.662. The van der Waals surface area contributed by atoms with Gasteiger partial charge in [-0.2, -0.15) is 0 Å². The van der Waals surface area contributed by atoms with Gasteiger partial charge < -0.3 is 14.8 Å². The number of nitrogens with zero attached hydrogens (tertiary/aromatic N) is 1. The molecule has 0 spiro atoms. The highest BCUT2D eigenvalue weighted by Crippen LogP contribution is 2.17. The Morgan fingerprint density at radius 3 is 2.43 bits per heavy atom. The number of benzene rings is 2. The minimum absolute atomic E-state index is 0.157. The maximum atomic E-state index is 12.3. The lowest BCUT2D eigenvalue weighted by Gasteiger charge is -2.08. The van der Waals surface area contributed by atoms with Gasteiger partial charge in [-0.05, 0) is 42.6 Å². The van der Waals surface area contributed by atoms with Crippen LogP contribution in [0, 0.1) is 0 Å². The molecule has 2 aromatic carbocycles. The molecular formula is C21H18N2O5. The molecule has 3 aromatic rings. The van der Waals surface area contributed by atoms with E-state index in [2.05, 4.69) is 10.3 Å².